The van der Waals surface area contributed by atoms with Gasteiger partial charge in [0.1, 0.15) is 0 Å². The molecule has 2 aromatic carbocycles. The molecule has 1 amide bonds. The first-order chi connectivity index (χ1) is 10.6. The summed E-state index contributed by atoms with van der Waals surface area (Å²) in [5.41, 5.74) is 4.95. The minimum atomic E-state index is 0.0455. The van der Waals surface area contributed by atoms with Crippen LogP contribution in [0.4, 0.5) is 0 Å². The van der Waals surface area contributed by atoms with Gasteiger partial charge in [0.2, 0.25) is 5.91 Å². The molecule has 0 bridgehead atoms. The Kier molecular flexibility index (Phi) is 6.08. The SMILES string of the molecule is Cc1ccc(C(C)NC(=O)CSCc2ccccc2)cc1C. The van der Waals surface area contributed by atoms with Gasteiger partial charge in [-0.1, -0.05) is 48.5 Å². The number of thioether (sulfide) groups is 1. The average Bonchev–Trinajstić information content (AvgIpc) is 2.51. The molecule has 2 aromatic rings. The van der Waals surface area contributed by atoms with Crippen LogP contribution in [-0.2, 0) is 10.5 Å². The Morgan fingerprint density at radius 1 is 1.09 bits per heavy atom. The molecule has 0 saturated heterocycles. The maximum Gasteiger partial charge on any atom is 0.230 e. The van der Waals surface area contributed by atoms with Gasteiger partial charge < -0.3 is 5.32 Å². The number of amides is 1. The fraction of sp³-hybridized carbons (Fsp3) is 0.316. The summed E-state index contributed by atoms with van der Waals surface area (Å²) in [5.74, 6) is 1.45. The quantitative estimate of drug-likeness (QED) is 0.855. The van der Waals surface area contributed by atoms with E-state index in [1.807, 2.05) is 25.1 Å². The van der Waals surface area contributed by atoms with Crippen LogP contribution in [0.15, 0.2) is 48.5 Å². The minimum absolute atomic E-state index is 0.0455. The van der Waals surface area contributed by atoms with Crippen molar-refractivity contribution in [2.24, 2.45) is 0 Å². The molecular formula is C19H23NOS. The van der Waals surface area contributed by atoms with Crippen LogP contribution in [-0.4, -0.2) is 11.7 Å². The molecule has 0 aliphatic rings. The lowest BCUT2D eigenvalue weighted by atomic mass is 10.0. The van der Waals surface area contributed by atoms with Gasteiger partial charge in [0.25, 0.3) is 0 Å². The van der Waals surface area contributed by atoms with Crippen LogP contribution in [0.5, 0.6) is 0 Å². The number of nitrogens with one attached hydrogen (secondary N) is 1. The Hall–Kier alpha value is -1.74. The van der Waals surface area contributed by atoms with Crippen molar-refractivity contribution in [3.63, 3.8) is 0 Å². The Labute approximate surface area is 137 Å². The van der Waals surface area contributed by atoms with Gasteiger partial charge in [0.05, 0.1) is 11.8 Å². The smallest absolute Gasteiger partial charge is 0.230 e. The van der Waals surface area contributed by atoms with E-state index in [2.05, 4.69) is 49.5 Å². The minimum Gasteiger partial charge on any atom is -0.349 e. The first kappa shape index (κ1) is 16.6. The van der Waals surface area contributed by atoms with Crippen molar-refractivity contribution in [3.05, 3.63) is 70.8 Å². The van der Waals surface area contributed by atoms with E-state index in [-0.39, 0.29) is 11.9 Å². The summed E-state index contributed by atoms with van der Waals surface area (Å²) in [6.45, 7) is 6.23. The topological polar surface area (TPSA) is 29.1 Å². The molecule has 0 saturated carbocycles. The second-order valence-corrected chi connectivity index (χ2v) is 6.60. The number of benzene rings is 2. The molecule has 0 aliphatic carbocycles. The van der Waals surface area contributed by atoms with Crippen molar-refractivity contribution in [1.82, 2.24) is 5.32 Å². The van der Waals surface area contributed by atoms with Gasteiger partial charge in [-0.3, -0.25) is 4.79 Å². The number of hydrogen-bond acceptors (Lipinski definition) is 2. The van der Waals surface area contributed by atoms with Crippen LogP contribution >= 0.6 is 11.8 Å². The van der Waals surface area contributed by atoms with Crippen LogP contribution in [0, 0.1) is 13.8 Å². The molecular weight excluding hydrogens is 290 g/mol. The molecule has 2 rings (SSSR count). The van der Waals surface area contributed by atoms with Crippen LogP contribution in [0.2, 0.25) is 0 Å². The molecule has 1 N–H and O–H groups in total. The number of carbonyl (C=O) groups is 1. The second-order valence-electron chi connectivity index (χ2n) is 5.61. The summed E-state index contributed by atoms with van der Waals surface area (Å²) in [4.78, 5) is 12.0. The third-order valence-electron chi connectivity index (χ3n) is 3.75. The van der Waals surface area contributed by atoms with Gasteiger partial charge in [0.15, 0.2) is 0 Å². The number of carbonyl (C=O) groups excluding carboxylic acids is 1. The maximum atomic E-state index is 12.0. The second kappa shape index (κ2) is 8.04. The van der Waals surface area contributed by atoms with Gasteiger partial charge in [-0.05, 0) is 43.0 Å². The van der Waals surface area contributed by atoms with Crippen LogP contribution in [0.3, 0.4) is 0 Å². The highest BCUT2D eigenvalue weighted by atomic mass is 32.2. The van der Waals surface area contributed by atoms with E-state index in [1.54, 1.807) is 11.8 Å². The Balaban J connectivity index is 1.80. The molecule has 0 spiro atoms. The highest BCUT2D eigenvalue weighted by Crippen LogP contribution is 2.17. The molecule has 0 aromatic heterocycles. The molecule has 116 valence electrons. The standard InChI is InChI=1S/C19H23NOS/c1-14-9-10-18(11-15(14)2)16(3)20-19(21)13-22-12-17-7-5-4-6-8-17/h4-11,16H,12-13H2,1-3H3,(H,20,21). The summed E-state index contributed by atoms with van der Waals surface area (Å²) in [6, 6.07) is 16.6. The largest absolute Gasteiger partial charge is 0.349 e. The van der Waals surface area contributed by atoms with E-state index in [9.17, 15) is 4.79 Å². The van der Waals surface area contributed by atoms with Crippen molar-refractivity contribution < 1.29 is 4.79 Å². The predicted molar refractivity (Wildman–Crippen MR) is 95.1 cm³/mol. The highest BCUT2D eigenvalue weighted by molar-refractivity contribution is 7.99. The van der Waals surface area contributed by atoms with Crippen LogP contribution in [0.25, 0.3) is 0 Å². The van der Waals surface area contributed by atoms with E-state index in [4.69, 9.17) is 0 Å². The first-order valence-electron chi connectivity index (χ1n) is 7.54. The van der Waals surface area contributed by atoms with Gasteiger partial charge >= 0.3 is 0 Å². The Bertz CT molecular complexity index is 625. The van der Waals surface area contributed by atoms with E-state index >= 15 is 0 Å². The lowest BCUT2D eigenvalue weighted by Crippen LogP contribution is -2.28. The summed E-state index contributed by atoms with van der Waals surface area (Å²) < 4.78 is 0. The third-order valence-corrected chi connectivity index (χ3v) is 4.76. The lowest BCUT2D eigenvalue weighted by Gasteiger charge is -2.15. The normalized spacial score (nSPS) is 12.0. The van der Waals surface area contributed by atoms with E-state index in [0.29, 0.717) is 5.75 Å². The van der Waals surface area contributed by atoms with Crippen molar-refractivity contribution in [2.75, 3.05) is 5.75 Å². The van der Waals surface area contributed by atoms with Crippen molar-refractivity contribution >= 4 is 17.7 Å². The van der Waals surface area contributed by atoms with Crippen LogP contribution < -0.4 is 5.32 Å². The number of hydrogen-bond donors (Lipinski definition) is 1. The van der Waals surface area contributed by atoms with Gasteiger partial charge in [-0.25, -0.2) is 0 Å². The zero-order valence-electron chi connectivity index (χ0n) is 13.4. The molecule has 0 heterocycles. The first-order valence-corrected chi connectivity index (χ1v) is 8.70. The fourth-order valence-corrected chi connectivity index (χ4v) is 3.04. The fourth-order valence-electron chi connectivity index (χ4n) is 2.24. The van der Waals surface area contributed by atoms with E-state index < -0.39 is 0 Å². The van der Waals surface area contributed by atoms with E-state index in [1.165, 1.54) is 16.7 Å². The van der Waals surface area contributed by atoms with Crippen molar-refractivity contribution in [1.29, 1.82) is 0 Å². The Morgan fingerprint density at radius 3 is 2.50 bits per heavy atom. The molecule has 0 aliphatic heterocycles. The molecule has 0 radical (unpaired) electrons. The molecule has 1 atom stereocenters. The van der Waals surface area contributed by atoms with Crippen molar-refractivity contribution in [2.45, 2.75) is 32.6 Å². The van der Waals surface area contributed by atoms with Crippen LogP contribution in [0.1, 0.15) is 35.2 Å². The summed E-state index contributed by atoms with van der Waals surface area (Å²) in [6.07, 6.45) is 0. The van der Waals surface area contributed by atoms with Crippen molar-refractivity contribution in [3.8, 4) is 0 Å². The summed E-state index contributed by atoms with van der Waals surface area (Å²) in [7, 11) is 0. The van der Waals surface area contributed by atoms with E-state index in [0.717, 1.165) is 11.3 Å². The maximum absolute atomic E-state index is 12.0. The zero-order valence-corrected chi connectivity index (χ0v) is 14.2. The molecule has 22 heavy (non-hydrogen) atoms. The average molecular weight is 313 g/mol. The zero-order chi connectivity index (χ0) is 15.9. The summed E-state index contributed by atoms with van der Waals surface area (Å²) in [5, 5.41) is 3.07. The molecule has 0 fully saturated rings. The number of aryl methyl sites for hydroxylation is 2. The van der Waals surface area contributed by atoms with Gasteiger partial charge in [-0.2, -0.15) is 0 Å². The third kappa shape index (κ3) is 4.92. The lowest BCUT2D eigenvalue weighted by molar-refractivity contribution is -0.119. The Morgan fingerprint density at radius 2 is 1.82 bits per heavy atom. The predicted octanol–water partition coefficient (Wildman–Crippen LogP) is 4.41. The summed E-state index contributed by atoms with van der Waals surface area (Å²) >= 11 is 1.65. The monoisotopic (exact) mass is 313 g/mol. The molecule has 1 unspecified atom stereocenters. The van der Waals surface area contributed by atoms with Gasteiger partial charge in [-0.15, -0.1) is 11.8 Å². The molecule has 2 nitrogen and oxygen atoms in total. The molecule has 3 heteroatoms. The van der Waals surface area contributed by atoms with Gasteiger partial charge in [0, 0.05) is 5.75 Å². The highest BCUT2D eigenvalue weighted by Gasteiger charge is 2.10. The number of rotatable bonds is 6.